The average molecular weight is 381 g/mol. The van der Waals surface area contributed by atoms with Crippen molar-refractivity contribution < 1.29 is 13.2 Å². The predicted molar refractivity (Wildman–Crippen MR) is 107 cm³/mol. The average Bonchev–Trinajstić information content (AvgIpc) is 2.60. The Balaban J connectivity index is 2.20. The highest BCUT2D eigenvalue weighted by atomic mass is 32.2. The monoisotopic (exact) mass is 380 g/mol. The van der Waals surface area contributed by atoms with Crippen molar-refractivity contribution in [3.63, 3.8) is 0 Å². The van der Waals surface area contributed by atoms with Crippen LogP contribution in [0.3, 0.4) is 0 Å². The molecule has 0 bridgehead atoms. The Morgan fingerprint density at radius 1 is 1.19 bits per heavy atom. The van der Waals surface area contributed by atoms with Gasteiger partial charge in [0, 0.05) is 6.54 Å². The normalized spacial score (nSPS) is 16.9. The fraction of sp³-hybridized carbons (Fsp3) is 0.650. The summed E-state index contributed by atoms with van der Waals surface area (Å²) in [5, 5.41) is 3.01. The van der Waals surface area contributed by atoms with E-state index in [0.29, 0.717) is 24.6 Å². The van der Waals surface area contributed by atoms with E-state index in [4.69, 9.17) is 0 Å². The van der Waals surface area contributed by atoms with Crippen LogP contribution in [-0.2, 0) is 14.8 Å². The first kappa shape index (κ1) is 20.7. The Hall–Kier alpha value is -1.56. The van der Waals surface area contributed by atoms with Gasteiger partial charge in [-0.15, -0.1) is 0 Å². The van der Waals surface area contributed by atoms with E-state index in [2.05, 4.69) is 5.32 Å². The number of sulfonamides is 1. The molecule has 0 saturated heterocycles. The lowest BCUT2D eigenvalue weighted by atomic mass is 9.89. The Bertz CT molecular complexity index is 725. The molecule has 0 unspecified atom stereocenters. The van der Waals surface area contributed by atoms with Gasteiger partial charge in [-0.2, -0.15) is 0 Å². The van der Waals surface area contributed by atoms with Gasteiger partial charge in [-0.3, -0.25) is 9.10 Å². The summed E-state index contributed by atoms with van der Waals surface area (Å²) < 4.78 is 26.2. The number of amides is 1. The fourth-order valence-corrected chi connectivity index (χ4v) is 4.88. The lowest BCUT2D eigenvalue weighted by Crippen LogP contribution is -2.50. The molecular formula is C20H32N2O3S. The molecule has 0 spiro atoms. The molecule has 6 heteroatoms. The maximum Gasteiger partial charge on any atom is 0.243 e. The second-order valence-electron chi connectivity index (χ2n) is 7.50. The van der Waals surface area contributed by atoms with Crippen LogP contribution >= 0.6 is 0 Å². The molecule has 0 aliphatic heterocycles. The molecule has 1 aromatic rings. The van der Waals surface area contributed by atoms with Crippen molar-refractivity contribution in [2.45, 2.75) is 65.3 Å². The zero-order chi connectivity index (χ0) is 19.3. The Labute approximate surface area is 158 Å². The molecule has 1 saturated carbocycles. The molecule has 1 N–H and O–H groups in total. The third kappa shape index (κ3) is 5.22. The van der Waals surface area contributed by atoms with Crippen LogP contribution in [0, 0.1) is 19.8 Å². The molecule has 1 aliphatic rings. The maximum absolute atomic E-state index is 12.8. The maximum atomic E-state index is 12.8. The van der Waals surface area contributed by atoms with E-state index in [0.717, 1.165) is 24.0 Å². The van der Waals surface area contributed by atoms with Crippen LogP contribution in [-0.4, -0.2) is 33.2 Å². The lowest BCUT2D eigenvalue weighted by molar-refractivity contribution is -0.122. The number of carbonyl (C=O) groups is 1. The van der Waals surface area contributed by atoms with Crippen molar-refractivity contribution in [3.8, 4) is 0 Å². The number of nitrogens with zero attached hydrogens (tertiary/aromatic N) is 1. The number of nitrogens with one attached hydrogen (secondary N) is 1. The van der Waals surface area contributed by atoms with Gasteiger partial charge in [0.1, 0.15) is 6.04 Å². The van der Waals surface area contributed by atoms with Gasteiger partial charge in [0.2, 0.25) is 15.9 Å². The van der Waals surface area contributed by atoms with Gasteiger partial charge in [-0.25, -0.2) is 8.42 Å². The smallest absolute Gasteiger partial charge is 0.243 e. The molecular weight excluding hydrogens is 348 g/mol. The van der Waals surface area contributed by atoms with E-state index >= 15 is 0 Å². The van der Waals surface area contributed by atoms with Gasteiger partial charge in [-0.1, -0.05) is 32.3 Å². The zero-order valence-corrected chi connectivity index (χ0v) is 17.2. The summed E-state index contributed by atoms with van der Waals surface area (Å²) in [6.45, 7) is 6.42. The molecule has 0 heterocycles. The van der Waals surface area contributed by atoms with Crippen LogP contribution in [0.4, 0.5) is 5.69 Å². The molecule has 0 aromatic heterocycles. The SMILES string of the molecule is CC[C@H](C(=O)NCC1CCCCC1)N(c1ccc(C)c(C)c1)S(C)(=O)=O. The summed E-state index contributed by atoms with van der Waals surface area (Å²) in [7, 11) is -3.57. The quantitative estimate of drug-likeness (QED) is 0.787. The largest absolute Gasteiger partial charge is 0.354 e. The summed E-state index contributed by atoms with van der Waals surface area (Å²) in [4.78, 5) is 12.8. The van der Waals surface area contributed by atoms with E-state index in [1.54, 1.807) is 6.07 Å². The van der Waals surface area contributed by atoms with E-state index in [9.17, 15) is 13.2 Å². The lowest BCUT2D eigenvalue weighted by Gasteiger charge is -2.31. The number of anilines is 1. The molecule has 0 radical (unpaired) electrons. The highest BCUT2D eigenvalue weighted by Gasteiger charge is 2.31. The Morgan fingerprint density at radius 3 is 2.38 bits per heavy atom. The summed E-state index contributed by atoms with van der Waals surface area (Å²) in [5.74, 6) is 0.306. The van der Waals surface area contributed by atoms with Crippen LogP contribution in [0.25, 0.3) is 0 Å². The number of aryl methyl sites for hydroxylation is 2. The van der Waals surface area contributed by atoms with Crippen LogP contribution in [0.2, 0.25) is 0 Å². The molecule has 2 rings (SSSR count). The van der Waals surface area contributed by atoms with Crippen LogP contribution < -0.4 is 9.62 Å². The van der Waals surface area contributed by atoms with Crippen molar-refractivity contribution in [2.75, 3.05) is 17.1 Å². The van der Waals surface area contributed by atoms with Gasteiger partial charge in [0.25, 0.3) is 0 Å². The second kappa shape index (κ2) is 8.89. The van der Waals surface area contributed by atoms with Crippen molar-refractivity contribution in [1.29, 1.82) is 0 Å². The second-order valence-corrected chi connectivity index (χ2v) is 9.36. The highest BCUT2D eigenvalue weighted by molar-refractivity contribution is 7.92. The minimum Gasteiger partial charge on any atom is -0.354 e. The molecule has 26 heavy (non-hydrogen) atoms. The van der Waals surface area contributed by atoms with Gasteiger partial charge in [0.05, 0.1) is 11.9 Å². The molecule has 1 fully saturated rings. The van der Waals surface area contributed by atoms with Crippen molar-refractivity contribution >= 4 is 21.6 Å². The molecule has 1 aliphatic carbocycles. The first-order valence-corrected chi connectivity index (χ1v) is 11.4. The van der Waals surface area contributed by atoms with Gasteiger partial charge in [0.15, 0.2) is 0 Å². The van der Waals surface area contributed by atoms with Crippen LogP contribution in [0.15, 0.2) is 18.2 Å². The van der Waals surface area contributed by atoms with E-state index in [1.165, 1.54) is 29.8 Å². The molecule has 1 aromatic carbocycles. The van der Waals surface area contributed by atoms with Gasteiger partial charge >= 0.3 is 0 Å². The van der Waals surface area contributed by atoms with Crippen molar-refractivity contribution in [3.05, 3.63) is 29.3 Å². The molecule has 1 atom stereocenters. The number of hydrogen-bond acceptors (Lipinski definition) is 3. The number of hydrogen-bond donors (Lipinski definition) is 1. The number of rotatable bonds is 7. The minimum atomic E-state index is -3.57. The van der Waals surface area contributed by atoms with E-state index in [1.807, 2.05) is 32.9 Å². The third-order valence-corrected chi connectivity index (χ3v) is 6.54. The van der Waals surface area contributed by atoms with Crippen LogP contribution in [0.1, 0.15) is 56.6 Å². The summed E-state index contributed by atoms with van der Waals surface area (Å²) in [6, 6.07) is 4.79. The standard InChI is InChI=1S/C20H32N2O3S/c1-5-19(20(23)21-14-17-9-7-6-8-10-17)22(26(4,24)25)18-12-11-15(2)16(3)13-18/h11-13,17,19H,5-10,14H2,1-4H3,(H,21,23)/t19-/m1/s1. The summed E-state index contributed by atoms with van der Waals surface area (Å²) in [6.07, 6.45) is 7.59. The molecule has 1 amide bonds. The van der Waals surface area contributed by atoms with E-state index in [-0.39, 0.29) is 5.91 Å². The Kier molecular flexibility index (Phi) is 7.09. The minimum absolute atomic E-state index is 0.207. The third-order valence-electron chi connectivity index (χ3n) is 5.36. The van der Waals surface area contributed by atoms with Crippen molar-refractivity contribution in [1.82, 2.24) is 5.32 Å². The Morgan fingerprint density at radius 2 is 1.85 bits per heavy atom. The number of benzene rings is 1. The van der Waals surface area contributed by atoms with Gasteiger partial charge < -0.3 is 5.32 Å². The van der Waals surface area contributed by atoms with E-state index < -0.39 is 16.1 Å². The predicted octanol–water partition coefficient (Wildman–Crippen LogP) is 3.54. The first-order chi connectivity index (χ1) is 12.2. The topological polar surface area (TPSA) is 66.5 Å². The molecule has 5 nitrogen and oxygen atoms in total. The summed E-state index contributed by atoms with van der Waals surface area (Å²) >= 11 is 0. The number of carbonyl (C=O) groups excluding carboxylic acids is 1. The molecule has 146 valence electrons. The van der Waals surface area contributed by atoms with Gasteiger partial charge in [-0.05, 0) is 62.3 Å². The first-order valence-electron chi connectivity index (χ1n) is 9.58. The van der Waals surface area contributed by atoms with Crippen molar-refractivity contribution in [2.24, 2.45) is 5.92 Å². The fourth-order valence-electron chi connectivity index (χ4n) is 3.68. The van der Waals surface area contributed by atoms with Crippen LogP contribution in [0.5, 0.6) is 0 Å². The highest BCUT2D eigenvalue weighted by Crippen LogP contribution is 2.26. The zero-order valence-electron chi connectivity index (χ0n) is 16.4. The summed E-state index contributed by atoms with van der Waals surface area (Å²) in [5.41, 5.74) is 2.65.